The Hall–Kier alpha value is -2.07. The standard InChI is InChI=1S/C21H24N2O2/c1-3-21-10-6-11-22-12-9-15-14-7-4-5-8-16(14)23(18(15)19(21)22)17(13-21)20(24)25-2/h4-5,7-8,13,19H,3,6,9-12H2,1-2H3/t19-,21?/m1/s1. The lowest BCUT2D eigenvalue weighted by atomic mass is 9.66. The van der Waals surface area contributed by atoms with Crippen molar-refractivity contribution in [2.75, 3.05) is 20.2 Å². The first-order valence-corrected chi connectivity index (χ1v) is 9.38. The maximum Gasteiger partial charge on any atom is 0.354 e. The highest BCUT2D eigenvalue weighted by Gasteiger charge is 2.51. The molecule has 5 rings (SSSR count). The Labute approximate surface area is 148 Å². The SMILES string of the molecule is CCC12C=C(C(=O)OC)n3c4c(c5ccccc53)CCN(CCC1)[C@H]42. The van der Waals surface area contributed by atoms with Gasteiger partial charge in [0.15, 0.2) is 0 Å². The van der Waals surface area contributed by atoms with Crippen LogP contribution in [0.15, 0.2) is 30.3 Å². The van der Waals surface area contributed by atoms with Crippen molar-refractivity contribution in [1.82, 2.24) is 9.47 Å². The van der Waals surface area contributed by atoms with Crippen LogP contribution in [0, 0.1) is 5.41 Å². The van der Waals surface area contributed by atoms with Gasteiger partial charge in [-0.15, -0.1) is 0 Å². The summed E-state index contributed by atoms with van der Waals surface area (Å²) in [6.07, 6.45) is 6.70. The molecule has 2 atom stereocenters. The number of rotatable bonds is 2. The Morgan fingerprint density at radius 3 is 2.96 bits per heavy atom. The summed E-state index contributed by atoms with van der Waals surface area (Å²) in [7, 11) is 1.49. The lowest BCUT2D eigenvalue weighted by molar-refractivity contribution is -0.134. The van der Waals surface area contributed by atoms with Crippen molar-refractivity contribution >= 4 is 22.6 Å². The average molecular weight is 336 g/mol. The molecule has 0 spiro atoms. The minimum Gasteiger partial charge on any atom is -0.464 e. The van der Waals surface area contributed by atoms with Crippen LogP contribution in [0.4, 0.5) is 0 Å². The molecular formula is C21H24N2O2. The highest BCUT2D eigenvalue weighted by molar-refractivity contribution is 6.13. The molecule has 3 aliphatic heterocycles. The Bertz CT molecular complexity index is 910. The predicted molar refractivity (Wildman–Crippen MR) is 98.2 cm³/mol. The topological polar surface area (TPSA) is 34.5 Å². The van der Waals surface area contributed by atoms with Crippen LogP contribution in [0.3, 0.4) is 0 Å². The molecule has 0 saturated carbocycles. The molecule has 0 bridgehead atoms. The first-order valence-electron chi connectivity index (χ1n) is 9.38. The van der Waals surface area contributed by atoms with Gasteiger partial charge in [0.1, 0.15) is 5.70 Å². The maximum absolute atomic E-state index is 12.7. The summed E-state index contributed by atoms with van der Waals surface area (Å²) >= 11 is 0. The van der Waals surface area contributed by atoms with Crippen LogP contribution in [-0.2, 0) is 16.0 Å². The molecule has 25 heavy (non-hydrogen) atoms. The number of benzene rings is 1. The molecule has 1 aromatic carbocycles. The van der Waals surface area contributed by atoms with Gasteiger partial charge in [0.25, 0.3) is 0 Å². The summed E-state index contributed by atoms with van der Waals surface area (Å²) in [6.45, 7) is 4.55. The van der Waals surface area contributed by atoms with E-state index < -0.39 is 0 Å². The summed E-state index contributed by atoms with van der Waals surface area (Å²) in [4.78, 5) is 15.3. The van der Waals surface area contributed by atoms with Crippen molar-refractivity contribution in [2.45, 2.75) is 38.6 Å². The summed E-state index contributed by atoms with van der Waals surface area (Å²) in [5.74, 6) is -0.225. The molecule has 1 unspecified atom stereocenters. The van der Waals surface area contributed by atoms with Gasteiger partial charge in [-0.2, -0.15) is 0 Å². The van der Waals surface area contributed by atoms with Gasteiger partial charge in [-0.3, -0.25) is 4.90 Å². The van der Waals surface area contributed by atoms with Crippen LogP contribution in [0.25, 0.3) is 16.6 Å². The number of aromatic nitrogens is 1. The minimum atomic E-state index is -0.225. The smallest absolute Gasteiger partial charge is 0.354 e. The number of methoxy groups -OCH3 is 1. The van der Waals surface area contributed by atoms with Crippen LogP contribution in [0.2, 0.25) is 0 Å². The number of esters is 1. The molecule has 2 aromatic rings. The van der Waals surface area contributed by atoms with E-state index in [0.29, 0.717) is 11.7 Å². The molecule has 1 aromatic heterocycles. The first-order chi connectivity index (χ1) is 12.2. The Balaban J connectivity index is 1.89. The average Bonchev–Trinajstić information content (AvgIpc) is 3.01. The predicted octanol–water partition coefficient (Wildman–Crippen LogP) is 3.76. The van der Waals surface area contributed by atoms with Gasteiger partial charge in [-0.05, 0) is 49.9 Å². The summed E-state index contributed by atoms with van der Waals surface area (Å²) < 4.78 is 7.38. The van der Waals surface area contributed by atoms with Gasteiger partial charge >= 0.3 is 5.97 Å². The third-order valence-corrected chi connectivity index (χ3v) is 6.64. The van der Waals surface area contributed by atoms with E-state index in [-0.39, 0.29) is 11.4 Å². The lowest BCUT2D eigenvalue weighted by Crippen LogP contribution is -2.51. The maximum atomic E-state index is 12.7. The van der Waals surface area contributed by atoms with Crippen molar-refractivity contribution in [3.05, 3.63) is 41.6 Å². The van der Waals surface area contributed by atoms with E-state index in [1.165, 1.54) is 30.2 Å². The summed E-state index contributed by atoms with van der Waals surface area (Å²) in [6, 6.07) is 8.89. The quantitative estimate of drug-likeness (QED) is 0.783. The number of fused-ring (bicyclic) bond motifs is 3. The lowest BCUT2D eigenvalue weighted by Gasteiger charge is -2.53. The number of nitrogens with zero attached hydrogens (tertiary/aromatic N) is 2. The van der Waals surface area contributed by atoms with Gasteiger partial charge in [0, 0.05) is 23.0 Å². The fourth-order valence-corrected chi connectivity index (χ4v) is 5.53. The van der Waals surface area contributed by atoms with Crippen molar-refractivity contribution in [3.8, 4) is 0 Å². The van der Waals surface area contributed by atoms with Gasteiger partial charge < -0.3 is 9.30 Å². The fourth-order valence-electron chi connectivity index (χ4n) is 5.53. The molecule has 1 fully saturated rings. The molecule has 0 N–H and O–H groups in total. The largest absolute Gasteiger partial charge is 0.464 e. The van der Waals surface area contributed by atoms with E-state index in [9.17, 15) is 4.79 Å². The number of carbonyl (C=O) groups is 1. The second-order valence-electron chi connectivity index (χ2n) is 7.62. The van der Waals surface area contributed by atoms with Crippen molar-refractivity contribution < 1.29 is 9.53 Å². The van der Waals surface area contributed by atoms with Crippen LogP contribution in [0.1, 0.15) is 43.5 Å². The van der Waals surface area contributed by atoms with Crippen LogP contribution in [0.5, 0.6) is 0 Å². The fraction of sp³-hybridized carbons (Fsp3) is 0.476. The van der Waals surface area contributed by atoms with E-state index in [1.807, 2.05) is 0 Å². The molecule has 4 heteroatoms. The van der Waals surface area contributed by atoms with E-state index in [1.54, 1.807) is 0 Å². The Morgan fingerprint density at radius 1 is 1.32 bits per heavy atom. The number of piperidine rings is 1. The van der Waals surface area contributed by atoms with E-state index in [4.69, 9.17) is 4.74 Å². The van der Waals surface area contributed by atoms with Crippen LogP contribution < -0.4 is 0 Å². The second kappa shape index (κ2) is 5.21. The van der Waals surface area contributed by atoms with Crippen molar-refractivity contribution in [2.24, 2.45) is 5.41 Å². The van der Waals surface area contributed by atoms with Gasteiger partial charge in [-0.25, -0.2) is 4.79 Å². The molecule has 0 radical (unpaired) electrons. The normalized spacial score (nSPS) is 27.8. The van der Waals surface area contributed by atoms with Crippen LogP contribution in [-0.4, -0.2) is 35.6 Å². The number of carbonyl (C=O) groups excluding carboxylic acids is 1. The van der Waals surface area contributed by atoms with E-state index >= 15 is 0 Å². The van der Waals surface area contributed by atoms with Crippen LogP contribution >= 0.6 is 0 Å². The van der Waals surface area contributed by atoms with E-state index in [2.05, 4.69) is 46.7 Å². The zero-order valence-corrected chi connectivity index (χ0v) is 14.9. The minimum absolute atomic E-state index is 0.0430. The van der Waals surface area contributed by atoms with E-state index in [0.717, 1.165) is 37.9 Å². The third kappa shape index (κ3) is 1.83. The number of hydrogen-bond donors (Lipinski definition) is 0. The number of hydrogen-bond acceptors (Lipinski definition) is 3. The summed E-state index contributed by atoms with van der Waals surface area (Å²) in [5, 5.41) is 1.30. The molecule has 0 amide bonds. The first kappa shape index (κ1) is 15.2. The Kier molecular flexibility index (Phi) is 3.17. The zero-order valence-electron chi connectivity index (χ0n) is 14.9. The molecule has 1 saturated heterocycles. The summed E-state index contributed by atoms with van der Waals surface area (Å²) in [5.41, 5.74) is 4.67. The second-order valence-corrected chi connectivity index (χ2v) is 7.62. The molecule has 130 valence electrons. The highest BCUT2D eigenvalue weighted by Crippen LogP contribution is 2.56. The molecule has 4 heterocycles. The van der Waals surface area contributed by atoms with Gasteiger partial charge in [0.05, 0.1) is 18.7 Å². The van der Waals surface area contributed by atoms with Gasteiger partial charge in [-0.1, -0.05) is 25.1 Å². The zero-order chi connectivity index (χ0) is 17.2. The monoisotopic (exact) mass is 336 g/mol. The molecule has 4 nitrogen and oxygen atoms in total. The third-order valence-electron chi connectivity index (χ3n) is 6.64. The Morgan fingerprint density at radius 2 is 2.16 bits per heavy atom. The highest BCUT2D eigenvalue weighted by atomic mass is 16.5. The molecular weight excluding hydrogens is 312 g/mol. The molecule has 3 aliphatic rings. The molecule has 0 aliphatic carbocycles. The van der Waals surface area contributed by atoms with Gasteiger partial charge in [0.2, 0.25) is 0 Å². The number of ether oxygens (including phenoxy) is 1. The van der Waals surface area contributed by atoms with Crippen molar-refractivity contribution in [1.29, 1.82) is 0 Å². The van der Waals surface area contributed by atoms with Crippen molar-refractivity contribution in [3.63, 3.8) is 0 Å². The number of para-hydroxylation sites is 1.